The van der Waals surface area contributed by atoms with E-state index in [1.54, 1.807) is 0 Å². The van der Waals surface area contributed by atoms with Crippen molar-refractivity contribution in [3.8, 4) is 0 Å². The third-order valence-corrected chi connectivity index (χ3v) is 3.13. The van der Waals surface area contributed by atoms with E-state index in [2.05, 4.69) is 20.0 Å². The minimum absolute atomic E-state index is 0.267. The highest BCUT2D eigenvalue weighted by atomic mass is 32.1. The van der Waals surface area contributed by atoms with Crippen molar-refractivity contribution in [1.82, 2.24) is 9.97 Å². The molecule has 0 bridgehead atoms. The Morgan fingerprint density at radius 3 is 3.11 bits per heavy atom. The molecule has 0 aromatic carbocycles. The third-order valence-electron chi connectivity index (χ3n) is 2.32. The Morgan fingerprint density at radius 1 is 1.53 bits per heavy atom. The van der Waals surface area contributed by atoms with Gasteiger partial charge in [-0.05, 0) is 0 Å². The first-order chi connectivity index (χ1) is 9.17. The lowest BCUT2D eigenvalue weighted by molar-refractivity contribution is -0.140. The second-order valence-electron chi connectivity index (χ2n) is 3.74. The first-order valence-corrected chi connectivity index (χ1v) is 6.44. The van der Waals surface area contributed by atoms with E-state index in [-0.39, 0.29) is 5.97 Å². The van der Waals surface area contributed by atoms with Crippen LogP contribution in [-0.4, -0.2) is 23.0 Å². The Kier molecular flexibility index (Phi) is 4.40. The van der Waals surface area contributed by atoms with Gasteiger partial charge in [-0.3, -0.25) is 9.78 Å². The summed E-state index contributed by atoms with van der Waals surface area (Å²) in [6, 6.07) is 1.34. The van der Waals surface area contributed by atoms with Crippen LogP contribution in [0.5, 0.6) is 0 Å². The normalized spacial score (nSPS) is 10.2. The largest absolute Gasteiger partial charge is 0.469 e. The van der Waals surface area contributed by atoms with Gasteiger partial charge < -0.3 is 10.1 Å². The minimum atomic E-state index is -0.410. The fourth-order valence-electron chi connectivity index (χ4n) is 1.42. The summed E-state index contributed by atoms with van der Waals surface area (Å²) in [5, 5.41) is 5.43. The summed E-state index contributed by atoms with van der Waals surface area (Å²) in [7, 11) is 1.35. The number of halogens is 1. The molecule has 2 aromatic rings. The predicted molar refractivity (Wildman–Crippen MR) is 69.9 cm³/mol. The molecule has 100 valence electrons. The SMILES string of the molecule is COC(=O)CCc1csc(Nc2cncc(F)c2)n1. The van der Waals surface area contributed by atoms with E-state index >= 15 is 0 Å². The molecule has 0 atom stereocenters. The van der Waals surface area contributed by atoms with Gasteiger partial charge >= 0.3 is 5.97 Å². The van der Waals surface area contributed by atoms with Gasteiger partial charge in [0.25, 0.3) is 0 Å². The van der Waals surface area contributed by atoms with Crippen LogP contribution in [0.25, 0.3) is 0 Å². The fraction of sp³-hybridized carbons (Fsp3) is 0.250. The highest BCUT2D eigenvalue weighted by Crippen LogP contribution is 2.21. The molecule has 0 fully saturated rings. The van der Waals surface area contributed by atoms with E-state index in [0.717, 1.165) is 11.9 Å². The van der Waals surface area contributed by atoms with E-state index in [9.17, 15) is 9.18 Å². The Bertz CT molecular complexity index is 574. The topological polar surface area (TPSA) is 64.1 Å². The van der Waals surface area contributed by atoms with Crippen molar-refractivity contribution >= 4 is 28.1 Å². The number of nitrogens with zero attached hydrogens (tertiary/aromatic N) is 2. The van der Waals surface area contributed by atoms with Crippen LogP contribution < -0.4 is 5.32 Å². The highest BCUT2D eigenvalue weighted by molar-refractivity contribution is 7.13. The number of carbonyl (C=O) groups excluding carboxylic acids is 1. The summed E-state index contributed by atoms with van der Waals surface area (Å²) in [4.78, 5) is 19.0. The number of rotatable bonds is 5. The Hall–Kier alpha value is -2.02. The minimum Gasteiger partial charge on any atom is -0.469 e. The van der Waals surface area contributed by atoms with Crippen LogP contribution in [0.15, 0.2) is 23.8 Å². The number of carbonyl (C=O) groups is 1. The molecule has 0 aliphatic heterocycles. The molecular formula is C12H12FN3O2S. The van der Waals surface area contributed by atoms with Gasteiger partial charge in [-0.15, -0.1) is 11.3 Å². The highest BCUT2D eigenvalue weighted by Gasteiger charge is 2.06. The monoisotopic (exact) mass is 281 g/mol. The van der Waals surface area contributed by atoms with E-state index in [1.165, 1.54) is 30.7 Å². The molecule has 0 spiro atoms. The number of aromatic nitrogens is 2. The molecule has 0 saturated carbocycles. The maximum Gasteiger partial charge on any atom is 0.305 e. The van der Waals surface area contributed by atoms with Crippen molar-refractivity contribution < 1.29 is 13.9 Å². The molecule has 5 nitrogen and oxygen atoms in total. The van der Waals surface area contributed by atoms with Gasteiger partial charge in [0.05, 0.1) is 37.3 Å². The number of esters is 1. The quantitative estimate of drug-likeness (QED) is 0.853. The second-order valence-corrected chi connectivity index (χ2v) is 4.60. The Labute approximate surface area is 113 Å². The van der Waals surface area contributed by atoms with Gasteiger partial charge in [-0.25, -0.2) is 9.37 Å². The van der Waals surface area contributed by atoms with Crippen molar-refractivity contribution in [2.45, 2.75) is 12.8 Å². The average molecular weight is 281 g/mol. The van der Waals surface area contributed by atoms with Gasteiger partial charge in [0.15, 0.2) is 5.13 Å². The van der Waals surface area contributed by atoms with E-state index in [1.807, 2.05) is 5.38 Å². The van der Waals surface area contributed by atoms with Crippen molar-refractivity contribution in [2.75, 3.05) is 12.4 Å². The van der Waals surface area contributed by atoms with Gasteiger partial charge in [-0.1, -0.05) is 0 Å². The van der Waals surface area contributed by atoms with Crippen LogP contribution in [0.1, 0.15) is 12.1 Å². The van der Waals surface area contributed by atoms with Gasteiger partial charge in [-0.2, -0.15) is 0 Å². The summed E-state index contributed by atoms with van der Waals surface area (Å²) in [6.07, 6.45) is 3.46. The maximum atomic E-state index is 13.0. The molecule has 7 heteroatoms. The van der Waals surface area contributed by atoms with Crippen LogP contribution in [0.3, 0.4) is 0 Å². The van der Waals surface area contributed by atoms with E-state index < -0.39 is 5.82 Å². The lowest BCUT2D eigenvalue weighted by Gasteiger charge is -2.01. The maximum absolute atomic E-state index is 13.0. The molecule has 0 amide bonds. The summed E-state index contributed by atoms with van der Waals surface area (Å²) >= 11 is 1.38. The summed E-state index contributed by atoms with van der Waals surface area (Å²) in [5.74, 6) is -0.677. The lowest BCUT2D eigenvalue weighted by Crippen LogP contribution is -2.02. The molecule has 0 aliphatic carbocycles. The number of hydrogen-bond acceptors (Lipinski definition) is 6. The van der Waals surface area contributed by atoms with Crippen LogP contribution in [0, 0.1) is 5.82 Å². The second kappa shape index (κ2) is 6.24. The molecular weight excluding hydrogens is 269 g/mol. The van der Waals surface area contributed by atoms with Crippen LogP contribution in [-0.2, 0) is 16.0 Å². The first kappa shape index (κ1) is 13.4. The van der Waals surface area contributed by atoms with Gasteiger partial charge in [0, 0.05) is 17.9 Å². The molecule has 0 aliphatic rings. The van der Waals surface area contributed by atoms with Crippen molar-refractivity contribution in [2.24, 2.45) is 0 Å². The first-order valence-electron chi connectivity index (χ1n) is 5.56. The molecule has 0 unspecified atom stereocenters. The predicted octanol–water partition coefficient (Wildman–Crippen LogP) is 2.53. The number of aryl methyl sites for hydroxylation is 1. The number of methoxy groups -OCH3 is 1. The summed E-state index contributed by atoms with van der Waals surface area (Å²) in [6.45, 7) is 0. The Morgan fingerprint density at radius 2 is 2.37 bits per heavy atom. The van der Waals surface area contributed by atoms with E-state index in [0.29, 0.717) is 23.7 Å². The summed E-state index contributed by atoms with van der Waals surface area (Å²) < 4.78 is 17.5. The zero-order chi connectivity index (χ0) is 13.7. The van der Waals surface area contributed by atoms with Crippen LogP contribution in [0.2, 0.25) is 0 Å². The van der Waals surface area contributed by atoms with Crippen molar-refractivity contribution in [1.29, 1.82) is 0 Å². The number of anilines is 2. The van der Waals surface area contributed by atoms with Crippen molar-refractivity contribution in [3.05, 3.63) is 35.4 Å². The molecule has 1 N–H and O–H groups in total. The van der Waals surface area contributed by atoms with Gasteiger partial charge in [0.2, 0.25) is 0 Å². The average Bonchev–Trinajstić information content (AvgIpc) is 2.83. The zero-order valence-corrected chi connectivity index (χ0v) is 11.0. The third kappa shape index (κ3) is 3.99. The molecule has 0 radical (unpaired) electrons. The number of hydrogen-bond donors (Lipinski definition) is 1. The summed E-state index contributed by atoms with van der Waals surface area (Å²) in [5.41, 5.74) is 1.33. The molecule has 19 heavy (non-hydrogen) atoms. The molecule has 0 saturated heterocycles. The van der Waals surface area contributed by atoms with Crippen LogP contribution >= 0.6 is 11.3 Å². The number of nitrogens with one attached hydrogen (secondary N) is 1. The standard InChI is InChI=1S/C12H12FN3O2S/c1-18-11(17)3-2-9-7-19-12(15-9)16-10-4-8(13)5-14-6-10/h4-7H,2-3H2,1H3,(H,15,16). The number of ether oxygens (including phenoxy) is 1. The van der Waals surface area contributed by atoms with E-state index in [4.69, 9.17) is 0 Å². The Balaban J connectivity index is 1.95. The van der Waals surface area contributed by atoms with Crippen molar-refractivity contribution in [3.63, 3.8) is 0 Å². The molecule has 2 rings (SSSR count). The number of pyridine rings is 1. The zero-order valence-electron chi connectivity index (χ0n) is 10.2. The smallest absolute Gasteiger partial charge is 0.305 e. The van der Waals surface area contributed by atoms with Crippen LogP contribution in [0.4, 0.5) is 15.2 Å². The molecule has 2 aromatic heterocycles. The van der Waals surface area contributed by atoms with Gasteiger partial charge in [0.1, 0.15) is 5.82 Å². The molecule has 2 heterocycles. The number of thiazole rings is 1. The fourth-order valence-corrected chi connectivity index (χ4v) is 2.18. The lowest BCUT2D eigenvalue weighted by atomic mass is 10.2.